The van der Waals surface area contributed by atoms with Crippen LogP contribution in [-0.2, 0) is 0 Å². The van der Waals surface area contributed by atoms with Crippen LogP contribution in [0.4, 0.5) is 17.2 Å². The lowest BCUT2D eigenvalue weighted by molar-refractivity contribution is 0.102. The lowest BCUT2D eigenvalue weighted by atomic mass is 10.2. The van der Waals surface area contributed by atoms with Crippen LogP contribution < -0.4 is 10.6 Å². The Kier molecular flexibility index (Phi) is 4.88. The molecule has 0 aliphatic carbocycles. The van der Waals surface area contributed by atoms with Crippen LogP contribution in [0.1, 0.15) is 16.1 Å². The highest BCUT2D eigenvalue weighted by Crippen LogP contribution is 2.23. The first-order valence-corrected chi connectivity index (χ1v) is 7.68. The molecule has 2 N–H and O–H groups in total. The highest BCUT2D eigenvalue weighted by atomic mass is 35.5. The standard InChI is InChI=1S/C18H12ClN5O/c19-14-6-1-2-7-15(14)24-17-11-21-16(10-22-17)18(25)23-13-5-3-4-12(8-13)9-20/h1-8,10-11H,(H,22,24)(H,23,25). The second kappa shape index (κ2) is 7.43. The third-order valence-electron chi connectivity index (χ3n) is 3.27. The van der Waals surface area contributed by atoms with Gasteiger partial charge in [-0.1, -0.05) is 29.8 Å². The predicted octanol–water partition coefficient (Wildman–Crippen LogP) is 4.00. The molecular formula is C18H12ClN5O. The Labute approximate surface area is 149 Å². The number of nitrogens with one attached hydrogen (secondary N) is 2. The van der Waals surface area contributed by atoms with Crippen molar-refractivity contribution >= 4 is 34.7 Å². The average Bonchev–Trinajstić information content (AvgIpc) is 2.64. The van der Waals surface area contributed by atoms with Crippen molar-refractivity contribution in [3.63, 3.8) is 0 Å². The zero-order chi connectivity index (χ0) is 17.6. The van der Waals surface area contributed by atoms with E-state index in [9.17, 15) is 4.79 Å². The van der Waals surface area contributed by atoms with Crippen molar-refractivity contribution in [2.75, 3.05) is 10.6 Å². The molecular weight excluding hydrogens is 338 g/mol. The van der Waals surface area contributed by atoms with E-state index < -0.39 is 5.91 Å². The molecule has 0 fully saturated rings. The quantitative estimate of drug-likeness (QED) is 0.743. The molecule has 3 rings (SSSR count). The van der Waals surface area contributed by atoms with Gasteiger partial charge in [0.1, 0.15) is 11.5 Å². The van der Waals surface area contributed by atoms with E-state index in [4.69, 9.17) is 16.9 Å². The van der Waals surface area contributed by atoms with Crippen molar-refractivity contribution in [1.82, 2.24) is 9.97 Å². The Morgan fingerprint density at radius 3 is 2.64 bits per heavy atom. The van der Waals surface area contributed by atoms with E-state index in [0.717, 1.165) is 0 Å². The van der Waals surface area contributed by atoms with E-state index in [2.05, 4.69) is 20.6 Å². The number of para-hydroxylation sites is 1. The summed E-state index contributed by atoms with van der Waals surface area (Å²) in [6.45, 7) is 0. The van der Waals surface area contributed by atoms with E-state index in [1.807, 2.05) is 24.3 Å². The molecule has 0 saturated heterocycles. The number of hydrogen-bond donors (Lipinski definition) is 2. The first-order valence-electron chi connectivity index (χ1n) is 7.31. The summed E-state index contributed by atoms with van der Waals surface area (Å²) in [6, 6.07) is 15.9. The summed E-state index contributed by atoms with van der Waals surface area (Å²) >= 11 is 6.07. The minimum absolute atomic E-state index is 0.159. The maximum Gasteiger partial charge on any atom is 0.275 e. The number of nitriles is 1. The van der Waals surface area contributed by atoms with Crippen molar-refractivity contribution in [1.29, 1.82) is 5.26 Å². The lowest BCUT2D eigenvalue weighted by Gasteiger charge is -2.08. The summed E-state index contributed by atoms with van der Waals surface area (Å²) in [6.07, 6.45) is 2.81. The van der Waals surface area contributed by atoms with Crippen LogP contribution in [-0.4, -0.2) is 15.9 Å². The van der Waals surface area contributed by atoms with Crippen molar-refractivity contribution < 1.29 is 4.79 Å². The minimum atomic E-state index is -0.410. The van der Waals surface area contributed by atoms with Gasteiger partial charge in [0.25, 0.3) is 5.91 Å². The Hall–Kier alpha value is -3.43. The van der Waals surface area contributed by atoms with Gasteiger partial charge in [-0.2, -0.15) is 5.26 Å². The van der Waals surface area contributed by atoms with Crippen LogP contribution in [0.3, 0.4) is 0 Å². The second-order valence-electron chi connectivity index (χ2n) is 5.04. The van der Waals surface area contributed by atoms with Gasteiger partial charge in [0.15, 0.2) is 0 Å². The Bertz CT molecular complexity index is 950. The molecule has 0 bridgehead atoms. The molecule has 0 atom stereocenters. The van der Waals surface area contributed by atoms with Gasteiger partial charge in [-0.15, -0.1) is 0 Å². The van der Waals surface area contributed by atoms with Crippen LogP contribution in [0.2, 0.25) is 5.02 Å². The number of amides is 1. The molecule has 2 aromatic carbocycles. The Morgan fingerprint density at radius 2 is 1.92 bits per heavy atom. The fourth-order valence-electron chi connectivity index (χ4n) is 2.07. The van der Waals surface area contributed by atoms with Gasteiger partial charge in [-0.25, -0.2) is 9.97 Å². The molecule has 0 saturated carbocycles. The highest BCUT2D eigenvalue weighted by molar-refractivity contribution is 6.33. The van der Waals surface area contributed by atoms with Gasteiger partial charge in [-0.3, -0.25) is 4.79 Å². The van der Waals surface area contributed by atoms with Crippen molar-refractivity contribution in [2.45, 2.75) is 0 Å². The number of hydrogen-bond acceptors (Lipinski definition) is 5. The average molecular weight is 350 g/mol. The monoisotopic (exact) mass is 349 g/mol. The molecule has 122 valence electrons. The smallest absolute Gasteiger partial charge is 0.275 e. The van der Waals surface area contributed by atoms with Crippen LogP contribution in [0.25, 0.3) is 0 Å². The third-order valence-corrected chi connectivity index (χ3v) is 3.60. The topological polar surface area (TPSA) is 90.7 Å². The van der Waals surface area contributed by atoms with Crippen molar-refractivity contribution in [3.05, 3.63) is 77.2 Å². The SMILES string of the molecule is N#Cc1cccc(NC(=O)c2cnc(Nc3ccccc3Cl)cn2)c1. The van der Waals surface area contributed by atoms with Crippen LogP contribution >= 0.6 is 11.6 Å². The number of carbonyl (C=O) groups is 1. The van der Waals surface area contributed by atoms with Gasteiger partial charge in [-0.05, 0) is 30.3 Å². The largest absolute Gasteiger partial charge is 0.338 e. The lowest BCUT2D eigenvalue weighted by Crippen LogP contribution is -2.14. The molecule has 25 heavy (non-hydrogen) atoms. The number of aromatic nitrogens is 2. The Balaban J connectivity index is 1.70. The minimum Gasteiger partial charge on any atom is -0.338 e. The molecule has 1 aromatic heterocycles. The molecule has 0 spiro atoms. The first kappa shape index (κ1) is 16.4. The molecule has 3 aromatic rings. The van der Waals surface area contributed by atoms with Crippen LogP contribution in [0.15, 0.2) is 60.9 Å². The molecule has 7 heteroatoms. The van der Waals surface area contributed by atoms with E-state index in [0.29, 0.717) is 27.8 Å². The van der Waals surface area contributed by atoms with E-state index in [-0.39, 0.29) is 5.69 Å². The molecule has 0 aliphatic rings. The van der Waals surface area contributed by atoms with E-state index in [1.54, 1.807) is 30.3 Å². The summed E-state index contributed by atoms with van der Waals surface area (Å²) in [4.78, 5) is 20.5. The van der Waals surface area contributed by atoms with Crippen LogP contribution in [0.5, 0.6) is 0 Å². The zero-order valence-corrected chi connectivity index (χ0v) is 13.7. The third kappa shape index (κ3) is 4.10. The first-order chi connectivity index (χ1) is 12.2. The summed E-state index contributed by atoms with van der Waals surface area (Å²) < 4.78 is 0. The van der Waals surface area contributed by atoms with Gasteiger partial charge in [0.05, 0.1) is 34.7 Å². The van der Waals surface area contributed by atoms with E-state index in [1.165, 1.54) is 12.4 Å². The van der Waals surface area contributed by atoms with Crippen molar-refractivity contribution in [3.8, 4) is 6.07 Å². The summed E-state index contributed by atoms with van der Waals surface area (Å²) in [5.41, 5.74) is 1.84. The number of halogens is 1. The highest BCUT2D eigenvalue weighted by Gasteiger charge is 2.09. The summed E-state index contributed by atoms with van der Waals surface area (Å²) in [5, 5.41) is 15.1. The molecule has 0 unspecified atom stereocenters. The Morgan fingerprint density at radius 1 is 1.08 bits per heavy atom. The fourth-order valence-corrected chi connectivity index (χ4v) is 2.26. The number of anilines is 3. The molecule has 0 aliphatic heterocycles. The zero-order valence-electron chi connectivity index (χ0n) is 12.9. The molecule has 6 nitrogen and oxygen atoms in total. The maximum absolute atomic E-state index is 12.2. The number of nitrogens with zero attached hydrogens (tertiary/aromatic N) is 3. The molecule has 1 amide bonds. The summed E-state index contributed by atoms with van der Waals surface area (Å²) in [5.74, 6) is 0.0583. The van der Waals surface area contributed by atoms with E-state index >= 15 is 0 Å². The predicted molar refractivity (Wildman–Crippen MR) is 95.9 cm³/mol. The molecule has 0 radical (unpaired) electrons. The maximum atomic E-state index is 12.2. The molecule has 1 heterocycles. The fraction of sp³-hybridized carbons (Fsp3) is 0. The van der Waals surface area contributed by atoms with Crippen molar-refractivity contribution in [2.24, 2.45) is 0 Å². The van der Waals surface area contributed by atoms with Gasteiger partial charge in [0, 0.05) is 5.69 Å². The van der Waals surface area contributed by atoms with Gasteiger partial charge < -0.3 is 10.6 Å². The number of carbonyl (C=O) groups excluding carboxylic acids is 1. The second-order valence-corrected chi connectivity index (χ2v) is 5.45. The summed E-state index contributed by atoms with van der Waals surface area (Å²) in [7, 11) is 0. The van der Waals surface area contributed by atoms with Gasteiger partial charge >= 0.3 is 0 Å². The van der Waals surface area contributed by atoms with Crippen LogP contribution in [0, 0.1) is 11.3 Å². The number of rotatable bonds is 4. The van der Waals surface area contributed by atoms with Gasteiger partial charge in [0.2, 0.25) is 0 Å². The normalized spacial score (nSPS) is 9.92. The number of benzene rings is 2.